The summed E-state index contributed by atoms with van der Waals surface area (Å²) < 4.78 is 6.05. The van der Waals surface area contributed by atoms with Crippen LogP contribution in [0.4, 0.5) is 0 Å². The van der Waals surface area contributed by atoms with Crippen molar-refractivity contribution in [3.8, 4) is 0 Å². The van der Waals surface area contributed by atoms with Crippen LogP contribution in [0.1, 0.15) is 72.1 Å². The fourth-order valence-electron chi connectivity index (χ4n) is 3.14. The molecule has 1 unspecified atom stereocenters. The van der Waals surface area contributed by atoms with Gasteiger partial charge in [-0.2, -0.15) is 0 Å². The third kappa shape index (κ3) is 7.99. The molecule has 1 atom stereocenters. The van der Waals surface area contributed by atoms with Crippen molar-refractivity contribution >= 4 is 15.9 Å². The van der Waals surface area contributed by atoms with Gasteiger partial charge in [-0.25, -0.2) is 0 Å². The number of rotatable bonds is 10. The summed E-state index contributed by atoms with van der Waals surface area (Å²) in [5, 5.41) is 0.949. The Kier molecular flexibility index (Phi) is 9.39. The summed E-state index contributed by atoms with van der Waals surface area (Å²) in [5.41, 5.74) is 0.0108. The van der Waals surface area contributed by atoms with Crippen LogP contribution in [0.15, 0.2) is 0 Å². The van der Waals surface area contributed by atoms with Crippen LogP contribution in [0, 0.1) is 0 Å². The fourth-order valence-corrected chi connectivity index (χ4v) is 3.47. The predicted molar refractivity (Wildman–Crippen MR) is 91.8 cm³/mol. The van der Waals surface area contributed by atoms with Crippen molar-refractivity contribution in [1.82, 2.24) is 4.90 Å². The maximum absolute atomic E-state index is 6.05. The summed E-state index contributed by atoms with van der Waals surface area (Å²) >= 11 is 3.56. The van der Waals surface area contributed by atoms with Gasteiger partial charge in [-0.3, -0.25) is 4.90 Å². The van der Waals surface area contributed by atoms with Gasteiger partial charge in [0.2, 0.25) is 0 Å². The van der Waals surface area contributed by atoms with E-state index in [4.69, 9.17) is 4.74 Å². The highest BCUT2D eigenvalue weighted by molar-refractivity contribution is 9.09. The molecule has 1 aliphatic rings. The lowest BCUT2D eigenvalue weighted by molar-refractivity contribution is -0.126. The molecule has 2 nitrogen and oxygen atoms in total. The first-order chi connectivity index (χ1) is 9.57. The molecule has 0 radical (unpaired) electrons. The van der Waals surface area contributed by atoms with Crippen molar-refractivity contribution in [2.45, 2.75) is 83.8 Å². The predicted octanol–water partition coefficient (Wildman–Crippen LogP) is 5.00. The summed E-state index contributed by atoms with van der Waals surface area (Å²) in [7, 11) is 0. The molecular weight excluding hydrogens is 314 g/mol. The van der Waals surface area contributed by atoms with Crippen LogP contribution < -0.4 is 0 Å². The molecule has 1 heterocycles. The monoisotopic (exact) mass is 347 g/mol. The zero-order chi connectivity index (χ0) is 14.8. The van der Waals surface area contributed by atoms with Gasteiger partial charge in [-0.15, -0.1) is 0 Å². The van der Waals surface area contributed by atoms with E-state index in [1.54, 1.807) is 0 Å². The minimum Gasteiger partial charge on any atom is -0.369 e. The van der Waals surface area contributed by atoms with E-state index in [0.29, 0.717) is 6.10 Å². The molecule has 1 rings (SSSR count). The Labute approximate surface area is 134 Å². The highest BCUT2D eigenvalue weighted by Gasteiger charge is 2.32. The highest BCUT2D eigenvalue weighted by atomic mass is 79.9. The Hall–Kier alpha value is 0.400. The van der Waals surface area contributed by atoms with Crippen LogP contribution in [0.2, 0.25) is 0 Å². The molecule has 0 saturated carbocycles. The quantitative estimate of drug-likeness (QED) is 0.407. The molecule has 0 aromatic heterocycles. The van der Waals surface area contributed by atoms with E-state index < -0.39 is 0 Å². The first-order valence-corrected chi connectivity index (χ1v) is 9.65. The van der Waals surface area contributed by atoms with Crippen molar-refractivity contribution in [1.29, 1.82) is 0 Å². The molecule has 1 saturated heterocycles. The van der Waals surface area contributed by atoms with Gasteiger partial charge >= 0.3 is 0 Å². The van der Waals surface area contributed by atoms with Gasteiger partial charge in [0.25, 0.3) is 0 Å². The van der Waals surface area contributed by atoms with Crippen molar-refractivity contribution in [3.63, 3.8) is 0 Å². The van der Waals surface area contributed by atoms with Gasteiger partial charge in [0.1, 0.15) is 0 Å². The SMILES string of the molecule is CCCCCCCCCCN1CC(CBr)OC(C)(C)C1. The Morgan fingerprint density at radius 2 is 1.65 bits per heavy atom. The van der Waals surface area contributed by atoms with E-state index in [1.807, 2.05) is 0 Å². The van der Waals surface area contributed by atoms with Gasteiger partial charge in [-0.1, -0.05) is 67.8 Å². The normalized spacial score (nSPS) is 23.1. The molecule has 0 aromatic carbocycles. The summed E-state index contributed by atoms with van der Waals surface area (Å²) in [6.07, 6.45) is 11.6. The van der Waals surface area contributed by atoms with E-state index in [-0.39, 0.29) is 5.60 Å². The second kappa shape index (κ2) is 10.2. The van der Waals surface area contributed by atoms with Gasteiger partial charge in [0.15, 0.2) is 0 Å². The summed E-state index contributed by atoms with van der Waals surface area (Å²) in [5.74, 6) is 0. The zero-order valence-corrected chi connectivity index (χ0v) is 15.4. The van der Waals surface area contributed by atoms with Crippen LogP contribution in [0.5, 0.6) is 0 Å². The van der Waals surface area contributed by atoms with E-state index in [0.717, 1.165) is 18.4 Å². The summed E-state index contributed by atoms with van der Waals surface area (Å²) in [6, 6.07) is 0. The molecule has 3 heteroatoms. The number of hydrogen-bond acceptors (Lipinski definition) is 2. The van der Waals surface area contributed by atoms with E-state index in [1.165, 1.54) is 57.9 Å². The first-order valence-electron chi connectivity index (χ1n) is 8.53. The zero-order valence-electron chi connectivity index (χ0n) is 13.8. The van der Waals surface area contributed by atoms with E-state index >= 15 is 0 Å². The van der Waals surface area contributed by atoms with Gasteiger partial charge < -0.3 is 4.74 Å². The lowest BCUT2D eigenvalue weighted by Crippen LogP contribution is -2.53. The highest BCUT2D eigenvalue weighted by Crippen LogP contribution is 2.22. The number of alkyl halides is 1. The Morgan fingerprint density at radius 3 is 2.25 bits per heavy atom. The molecule has 1 aliphatic heterocycles. The summed E-state index contributed by atoms with van der Waals surface area (Å²) in [6.45, 7) is 10.1. The minimum absolute atomic E-state index is 0.0108. The molecule has 1 fully saturated rings. The molecule has 0 aromatic rings. The van der Waals surface area contributed by atoms with E-state index in [2.05, 4.69) is 41.6 Å². The van der Waals surface area contributed by atoms with E-state index in [9.17, 15) is 0 Å². The molecule has 0 N–H and O–H groups in total. The van der Waals surface area contributed by atoms with Gasteiger partial charge in [0.05, 0.1) is 11.7 Å². The van der Waals surface area contributed by atoms with Crippen LogP contribution in [-0.2, 0) is 4.74 Å². The second-order valence-corrected chi connectivity index (χ2v) is 7.51. The van der Waals surface area contributed by atoms with Gasteiger partial charge in [0, 0.05) is 18.4 Å². The molecular formula is C17H34BrNO. The van der Waals surface area contributed by atoms with Gasteiger partial charge in [-0.05, 0) is 26.8 Å². The van der Waals surface area contributed by atoms with Crippen molar-refractivity contribution < 1.29 is 4.74 Å². The van der Waals surface area contributed by atoms with Crippen LogP contribution >= 0.6 is 15.9 Å². The number of hydrogen-bond donors (Lipinski definition) is 0. The third-order valence-corrected chi connectivity index (χ3v) is 4.77. The van der Waals surface area contributed by atoms with Crippen LogP contribution in [0.3, 0.4) is 0 Å². The lowest BCUT2D eigenvalue weighted by Gasteiger charge is -2.42. The van der Waals surface area contributed by atoms with Crippen LogP contribution in [-0.4, -0.2) is 41.6 Å². The van der Waals surface area contributed by atoms with Crippen molar-refractivity contribution in [3.05, 3.63) is 0 Å². The van der Waals surface area contributed by atoms with Crippen LogP contribution in [0.25, 0.3) is 0 Å². The molecule has 0 bridgehead atoms. The third-order valence-electron chi connectivity index (χ3n) is 4.05. The second-order valence-electron chi connectivity index (χ2n) is 6.86. The Morgan fingerprint density at radius 1 is 1.05 bits per heavy atom. The number of halogens is 1. The largest absolute Gasteiger partial charge is 0.369 e. The van der Waals surface area contributed by atoms with Crippen molar-refractivity contribution in [2.24, 2.45) is 0 Å². The maximum Gasteiger partial charge on any atom is 0.0806 e. The maximum atomic E-state index is 6.05. The fraction of sp³-hybridized carbons (Fsp3) is 1.00. The average Bonchev–Trinajstić information content (AvgIpc) is 2.40. The number of ether oxygens (including phenoxy) is 1. The Bertz CT molecular complexity index is 245. The minimum atomic E-state index is 0.0108. The topological polar surface area (TPSA) is 12.5 Å². The molecule has 0 aliphatic carbocycles. The lowest BCUT2D eigenvalue weighted by atomic mass is 10.0. The molecule has 120 valence electrons. The molecule has 20 heavy (non-hydrogen) atoms. The smallest absolute Gasteiger partial charge is 0.0806 e. The summed E-state index contributed by atoms with van der Waals surface area (Å²) in [4.78, 5) is 2.59. The average molecular weight is 348 g/mol. The Balaban J connectivity index is 2.06. The standard InChI is InChI=1S/C17H34BrNO/c1-4-5-6-7-8-9-10-11-12-19-14-16(13-18)20-17(2,3)15-19/h16H,4-15H2,1-3H3. The number of unbranched alkanes of at least 4 members (excludes halogenated alkanes) is 7. The molecule has 0 amide bonds. The van der Waals surface area contributed by atoms with Crippen molar-refractivity contribution in [2.75, 3.05) is 25.0 Å². The number of nitrogens with zero attached hydrogens (tertiary/aromatic N) is 1. The number of morpholine rings is 1. The first kappa shape index (κ1) is 18.4. The molecule has 0 spiro atoms.